The summed E-state index contributed by atoms with van der Waals surface area (Å²) in [6.45, 7) is 11.2. The Hall–Kier alpha value is -3.94. The van der Waals surface area contributed by atoms with E-state index < -0.39 is 0 Å². The molecule has 1 atom stereocenters. The third kappa shape index (κ3) is 5.74. The van der Waals surface area contributed by atoms with E-state index >= 15 is 0 Å². The van der Waals surface area contributed by atoms with Crippen molar-refractivity contribution >= 4 is 33.8 Å². The molecule has 1 aliphatic rings. The second-order valence-electron chi connectivity index (χ2n) is 7.96. The number of pyridine rings is 1. The molecule has 1 unspecified atom stereocenters. The molecule has 5 rings (SSSR count). The standard InChI is InChI=1S/C13H14N2O.C12H13NO4.2C2H6/c1-8-7-15(2)10-6-11(16)13-9(12(8)10)4-3-5-14-13;1-15-9-5-7-4-8(6-14)13-10(7)12(17-3)11(9)16-2;2*1-2/h3-6,8,16H,7H2,1-2H3;4-6,13H,1-3H3;2*1-2H3. The number of hydrogen-bond donors (Lipinski definition) is 2. The zero-order valence-corrected chi connectivity index (χ0v) is 23.3. The van der Waals surface area contributed by atoms with E-state index in [0.717, 1.165) is 29.3 Å². The molecule has 0 saturated carbocycles. The van der Waals surface area contributed by atoms with Gasteiger partial charge in [0.25, 0.3) is 0 Å². The summed E-state index contributed by atoms with van der Waals surface area (Å²) in [7, 11) is 6.69. The van der Waals surface area contributed by atoms with E-state index in [9.17, 15) is 9.90 Å². The van der Waals surface area contributed by atoms with Crippen LogP contribution >= 0.6 is 0 Å². The molecule has 0 spiro atoms. The first kappa shape index (κ1) is 29.3. The Morgan fingerprint density at radius 3 is 2.32 bits per heavy atom. The quantitative estimate of drug-likeness (QED) is 0.301. The highest BCUT2D eigenvalue weighted by Gasteiger charge is 2.26. The number of carbonyl (C=O) groups excluding carboxylic acids is 1. The SMILES string of the molecule is CC.CC.CC1CN(C)c2cc(O)c3ncccc3c21.COc1cc2cc(C=O)[nH]c2c(OC)c1OC. The number of anilines is 1. The van der Waals surface area contributed by atoms with Crippen LogP contribution in [0.2, 0.25) is 0 Å². The van der Waals surface area contributed by atoms with Gasteiger partial charge in [0.1, 0.15) is 11.3 Å². The fraction of sp³-hybridized carbons (Fsp3) is 0.379. The fourth-order valence-corrected chi connectivity index (χ4v) is 4.50. The van der Waals surface area contributed by atoms with Crippen molar-refractivity contribution in [1.29, 1.82) is 0 Å². The van der Waals surface area contributed by atoms with Gasteiger partial charge in [-0.05, 0) is 23.8 Å². The molecule has 4 aromatic rings. The first-order valence-electron chi connectivity index (χ1n) is 12.5. The predicted octanol–water partition coefficient (Wildman–Crippen LogP) is 6.55. The van der Waals surface area contributed by atoms with Crippen LogP contribution in [-0.2, 0) is 0 Å². The zero-order chi connectivity index (χ0) is 27.7. The molecule has 2 aromatic carbocycles. The number of carbonyl (C=O) groups is 1. The largest absolute Gasteiger partial charge is 0.506 e. The van der Waals surface area contributed by atoms with E-state index in [2.05, 4.69) is 28.8 Å². The van der Waals surface area contributed by atoms with Gasteiger partial charge in [-0.3, -0.25) is 9.78 Å². The summed E-state index contributed by atoms with van der Waals surface area (Å²) < 4.78 is 15.8. The van der Waals surface area contributed by atoms with Crippen molar-refractivity contribution in [2.24, 2.45) is 0 Å². The second-order valence-corrected chi connectivity index (χ2v) is 7.96. The Kier molecular flexibility index (Phi) is 10.6. The molecule has 0 radical (unpaired) electrons. The lowest BCUT2D eigenvalue weighted by Gasteiger charge is -2.13. The van der Waals surface area contributed by atoms with Crippen LogP contribution in [0.1, 0.15) is 56.6 Å². The van der Waals surface area contributed by atoms with Crippen molar-refractivity contribution in [1.82, 2.24) is 9.97 Å². The highest BCUT2D eigenvalue weighted by Crippen LogP contribution is 2.44. The fourth-order valence-electron chi connectivity index (χ4n) is 4.50. The van der Waals surface area contributed by atoms with Crippen LogP contribution in [0.5, 0.6) is 23.0 Å². The predicted molar refractivity (Wildman–Crippen MR) is 151 cm³/mol. The first-order chi connectivity index (χ1) is 17.9. The molecule has 8 heteroatoms. The van der Waals surface area contributed by atoms with Crippen molar-refractivity contribution in [3.05, 3.63) is 47.8 Å². The molecule has 37 heavy (non-hydrogen) atoms. The Bertz CT molecular complexity index is 1330. The van der Waals surface area contributed by atoms with Crippen LogP contribution in [0.3, 0.4) is 0 Å². The maximum Gasteiger partial charge on any atom is 0.205 e. The van der Waals surface area contributed by atoms with Gasteiger partial charge < -0.3 is 29.2 Å². The molecule has 0 saturated heterocycles. The van der Waals surface area contributed by atoms with E-state index in [0.29, 0.717) is 39.9 Å². The number of H-pyrrole nitrogens is 1. The summed E-state index contributed by atoms with van der Waals surface area (Å²) in [5, 5.41) is 11.9. The summed E-state index contributed by atoms with van der Waals surface area (Å²) in [6.07, 6.45) is 2.47. The van der Waals surface area contributed by atoms with E-state index in [-0.39, 0.29) is 5.75 Å². The number of benzene rings is 2. The molecule has 0 amide bonds. The Labute approximate surface area is 219 Å². The second kappa shape index (κ2) is 13.4. The number of phenols is 1. The third-order valence-corrected chi connectivity index (χ3v) is 5.91. The van der Waals surface area contributed by atoms with Crippen molar-refractivity contribution in [3.63, 3.8) is 0 Å². The van der Waals surface area contributed by atoms with Gasteiger partial charge in [0, 0.05) is 48.2 Å². The number of hydrogen-bond acceptors (Lipinski definition) is 7. The molecule has 0 bridgehead atoms. The van der Waals surface area contributed by atoms with Crippen molar-refractivity contribution in [3.8, 4) is 23.0 Å². The minimum Gasteiger partial charge on any atom is -0.506 e. The molecule has 200 valence electrons. The number of fused-ring (bicyclic) bond motifs is 4. The van der Waals surface area contributed by atoms with Gasteiger partial charge >= 0.3 is 0 Å². The number of ether oxygens (including phenoxy) is 3. The molecular formula is C29H39N3O5. The number of nitrogens with zero attached hydrogens (tertiary/aromatic N) is 2. The van der Waals surface area contributed by atoms with Gasteiger partial charge in [-0.15, -0.1) is 0 Å². The van der Waals surface area contributed by atoms with E-state index in [1.807, 2.05) is 45.9 Å². The highest BCUT2D eigenvalue weighted by molar-refractivity contribution is 5.95. The molecule has 1 aliphatic heterocycles. The van der Waals surface area contributed by atoms with Gasteiger partial charge in [-0.25, -0.2) is 0 Å². The third-order valence-electron chi connectivity index (χ3n) is 5.91. The van der Waals surface area contributed by atoms with Crippen molar-refractivity contribution in [2.45, 2.75) is 40.5 Å². The molecule has 2 N–H and O–H groups in total. The number of aromatic nitrogens is 2. The Balaban J connectivity index is 0.000000230. The van der Waals surface area contributed by atoms with Crippen LogP contribution in [0.25, 0.3) is 21.8 Å². The lowest BCUT2D eigenvalue weighted by atomic mass is 9.98. The van der Waals surface area contributed by atoms with Gasteiger partial charge in [0.05, 0.1) is 32.5 Å². The van der Waals surface area contributed by atoms with E-state index in [1.54, 1.807) is 25.4 Å². The number of nitrogens with one attached hydrogen (secondary N) is 1. The summed E-state index contributed by atoms with van der Waals surface area (Å²) in [4.78, 5) is 20.1. The molecule has 0 fully saturated rings. The molecular weight excluding hydrogens is 470 g/mol. The lowest BCUT2D eigenvalue weighted by molar-refractivity contribution is 0.111. The number of methoxy groups -OCH3 is 3. The Morgan fingerprint density at radius 2 is 1.73 bits per heavy atom. The van der Waals surface area contributed by atoms with E-state index in [4.69, 9.17) is 14.2 Å². The molecule has 0 aliphatic carbocycles. The maximum absolute atomic E-state index is 10.8. The summed E-state index contributed by atoms with van der Waals surface area (Å²) in [6, 6.07) is 9.31. The minimum atomic E-state index is 0.273. The number of likely N-dealkylation sites (N-methyl/N-ethyl adjacent to an activating group) is 1. The van der Waals surface area contributed by atoms with Crippen molar-refractivity contribution < 1.29 is 24.1 Å². The highest BCUT2D eigenvalue weighted by atomic mass is 16.5. The minimum absolute atomic E-state index is 0.273. The van der Waals surface area contributed by atoms with Gasteiger partial charge in [-0.2, -0.15) is 0 Å². The normalized spacial score (nSPS) is 13.3. The maximum atomic E-state index is 10.8. The number of phenolic OH excluding ortho intramolecular Hbond substituents is 1. The summed E-state index contributed by atoms with van der Waals surface area (Å²) >= 11 is 0. The van der Waals surface area contributed by atoms with Gasteiger partial charge in [0.2, 0.25) is 5.75 Å². The molecule has 8 nitrogen and oxygen atoms in total. The van der Waals surface area contributed by atoms with Crippen LogP contribution in [-0.4, -0.2) is 56.3 Å². The number of aromatic hydroxyl groups is 1. The lowest BCUT2D eigenvalue weighted by Crippen LogP contribution is -2.13. The van der Waals surface area contributed by atoms with Crippen LogP contribution in [0, 0.1) is 0 Å². The van der Waals surface area contributed by atoms with Crippen LogP contribution in [0.4, 0.5) is 5.69 Å². The van der Waals surface area contributed by atoms with Crippen LogP contribution < -0.4 is 19.1 Å². The smallest absolute Gasteiger partial charge is 0.205 e. The van der Waals surface area contributed by atoms with Gasteiger partial charge in [0.15, 0.2) is 17.8 Å². The number of rotatable bonds is 4. The monoisotopic (exact) mass is 509 g/mol. The van der Waals surface area contributed by atoms with Crippen LogP contribution in [0.15, 0.2) is 36.5 Å². The number of aldehydes is 1. The molecule has 3 heterocycles. The first-order valence-corrected chi connectivity index (χ1v) is 12.5. The average Bonchev–Trinajstić information content (AvgIpc) is 3.49. The number of aromatic amines is 1. The summed E-state index contributed by atoms with van der Waals surface area (Å²) in [5.41, 5.74) is 4.35. The van der Waals surface area contributed by atoms with E-state index in [1.165, 1.54) is 19.8 Å². The van der Waals surface area contributed by atoms with Gasteiger partial charge in [-0.1, -0.05) is 40.7 Å². The zero-order valence-electron chi connectivity index (χ0n) is 23.3. The Morgan fingerprint density at radius 1 is 1.05 bits per heavy atom. The van der Waals surface area contributed by atoms with Crippen molar-refractivity contribution in [2.75, 3.05) is 39.8 Å². The summed E-state index contributed by atoms with van der Waals surface area (Å²) in [5.74, 6) is 2.35. The molecule has 2 aromatic heterocycles. The topological polar surface area (TPSA) is 96.9 Å². The average molecular weight is 510 g/mol.